The summed E-state index contributed by atoms with van der Waals surface area (Å²) >= 11 is 8.08. The van der Waals surface area contributed by atoms with Crippen molar-refractivity contribution in [1.29, 1.82) is 0 Å². The van der Waals surface area contributed by atoms with E-state index in [4.69, 9.17) is 21.1 Å². The van der Waals surface area contributed by atoms with Crippen molar-refractivity contribution in [1.82, 2.24) is 14.8 Å². The van der Waals surface area contributed by atoms with Gasteiger partial charge in [0, 0.05) is 48.2 Å². The van der Waals surface area contributed by atoms with Crippen LogP contribution in [0.15, 0.2) is 23.7 Å². The Morgan fingerprint density at radius 1 is 1.36 bits per heavy atom. The molecule has 0 N–H and O–H groups in total. The lowest BCUT2D eigenvalue weighted by Crippen LogP contribution is -2.35. The van der Waals surface area contributed by atoms with Gasteiger partial charge in [-0.05, 0) is 38.4 Å². The van der Waals surface area contributed by atoms with Crippen LogP contribution in [0.2, 0.25) is 5.02 Å². The Morgan fingerprint density at radius 3 is 2.89 bits per heavy atom. The molecule has 2 aliphatic rings. The normalized spacial score (nSPS) is 20.5. The molecule has 0 spiro atoms. The lowest BCUT2D eigenvalue weighted by atomic mass is 10.1. The van der Waals surface area contributed by atoms with Gasteiger partial charge in [-0.3, -0.25) is 9.69 Å². The highest BCUT2D eigenvalue weighted by atomic mass is 35.5. The second-order valence-electron chi connectivity index (χ2n) is 7.31. The average Bonchev–Trinajstić information content (AvgIpc) is 3.34. The van der Waals surface area contributed by atoms with Crippen molar-refractivity contribution >= 4 is 28.8 Å². The molecular weight excluding hydrogens is 398 g/mol. The van der Waals surface area contributed by atoms with E-state index in [9.17, 15) is 4.79 Å². The first-order chi connectivity index (χ1) is 13.5. The van der Waals surface area contributed by atoms with Crippen LogP contribution in [0.3, 0.4) is 0 Å². The SMILES string of the molecule is C[C@H](c1nccs1)N(C)[C@@H]1CCC(=O)N(Cc2cc3c(cc2Cl)OCO3)CC1. The monoisotopic (exact) mass is 421 g/mol. The summed E-state index contributed by atoms with van der Waals surface area (Å²) < 4.78 is 10.8. The molecule has 0 aliphatic carbocycles. The van der Waals surface area contributed by atoms with Crippen LogP contribution in [-0.4, -0.2) is 47.1 Å². The van der Waals surface area contributed by atoms with Gasteiger partial charge in [0.1, 0.15) is 5.01 Å². The van der Waals surface area contributed by atoms with Gasteiger partial charge in [-0.15, -0.1) is 11.3 Å². The number of benzene rings is 1. The third kappa shape index (κ3) is 3.97. The summed E-state index contributed by atoms with van der Waals surface area (Å²) in [6, 6.07) is 4.25. The zero-order valence-electron chi connectivity index (χ0n) is 16.1. The molecule has 1 fully saturated rings. The number of likely N-dealkylation sites (tertiary alicyclic amines) is 1. The van der Waals surface area contributed by atoms with Crippen LogP contribution in [0.1, 0.15) is 42.8 Å². The molecule has 1 saturated heterocycles. The number of fused-ring (bicyclic) bond motifs is 1. The maximum atomic E-state index is 12.7. The molecule has 6 nitrogen and oxygen atoms in total. The molecular formula is C20H24ClN3O3S. The van der Waals surface area contributed by atoms with Crippen LogP contribution in [0.4, 0.5) is 0 Å². The Kier molecular flexibility index (Phi) is 5.75. The first-order valence-electron chi connectivity index (χ1n) is 9.50. The first kappa shape index (κ1) is 19.5. The Balaban J connectivity index is 1.43. The molecule has 4 rings (SSSR count). The van der Waals surface area contributed by atoms with Gasteiger partial charge in [-0.2, -0.15) is 0 Å². The van der Waals surface area contributed by atoms with E-state index in [1.165, 1.54) is 0 Å². The van der Waals surface area contributed by atoms with Crippen molar-refractivity contribution in [3.8, 4) is 11.5 Å². The maximum Gasteiger partial charge on any atom is 0.231 e. The summed E-state index contributed by atoms with van der Waals surface area (Å²) in [5.41, 5.74) is 0.891. The fourth-order valence-corrected chi connectivity index (χ4v) is 4.77. The molecule has 0 radical (unpaired) electrons. The zero-order chi connectivity index (χ0) is 19.7. The molecule has 150 valence electrons. The van der Waals surface area contributed by atoms with Crippen molar-refractivity contribution in [2.45, 2.75) is 44.8 Å². The molecule has 0 saturated carbocycles. The van der Waals surface area contributed by atoms with Gasteiger partial charge >= 0.3 is 0 Å². The number of aromatic nitrogens is 1. The predicted octanol–water partition coefficient (Wildman–Crippen LogP) is 4.10. The van der Waals surface area contributed by atoms with E-state index >= 15 is 0 Å². The minimum Gasteiger partial charge on any atom is -0.454 e. The van der Waals surface area contributed by atoms with E-state index in [1.54, 1.807) is 17.4 Å². The lowest BCUT2D eigenvalue weighted by Gasteiger charge is -2.31. The summed E-state index contributed by atoms with van der Waals surface area (Å²) in [7, 11) is 2.13. The smallest absolute Gasteiger partial charge is 0.231 e. The topological polar surface area (TPSA) is 54.9 Å². The van der Waals surface area contributed by atoms with Gasteiger partial charge in [0.05, 0.1) is 6.04 Å². The number of amides is 1. The number of halogens is 1. The summed E-state index contributed by atoms with van der Waals surface area (Å²) in [6.07, 6.45) is 4.18. The van der Waals surface area contributed by atoms with Gasteiger partial charge in [-0.25, -0.2) is 4.98 Å². The maximum absolute atomic E-state index is 12.7. The van der Waals surface area contributed by atoms with Crippen molar-refractivity contribution in [2.24, 2.45) is 0 Å². The summed E-state index contributed by atoms with van der Waals surface area (Å²) in [5.74, 6) is 1.52. The van der Waals surface area contributed by atoms with Crippen LogP contribution in [0.5, 0.6) is 11.5 Å². The Labute approximate surface area is 174 Å². The van der Waals surface area contributed by atoms with Crippen LogP contribution >= 0.6 is 22.9 Å². The molecule has 1 amide bonds. The first-order valence-corrected chi connectivity index (χ1v) is 10.8. The van der Waals surface area contributed by atoms with E-state index in [0.29, 0.717) is 42.1 Å². The van der Waals surface area contributed by atoms with Gasteiger partial charge in [0.2, 0.25) is 12.7 Å². The van der Waals surface area contributed by atoms with Gasteiger partial charge < -0.3 is 14.4 Å². The third-order valence-corrected chi connectivity index (χ3v) is 6.97. The summed E-state index contributed by atoms with van der Waals surface area (Å²) in [6.45, 7) is 3.59. The van der Waals surface area contributed by atoms with E-state index in [0.717, 1.165) is 23.4 Å². The van der Waals surface area contributed by atoms with Crippen LogP contribution in [0.25, 0.3) is 0 Å². The number of carbonyl (C=O) groups is 1. The van der Waals surface area contributed by atoms with Gasteiger partial charge in [-0.1, -0.05) is 11.6 Å². The molecule has 1 aromatic heterocycles. The molecule has 8 heteroatoms. The van der Waals surface area contributed by atoms with Crippen LogP contribution in [0, 0.1) is 0 Å². The second kappa shape index (κ2) is 8.27. The largest absolute Gasteiger partial charge is 0.454 e. The fraction of sp³-hybridized carbons (Fsp3) is 0.500. The van der Waals surface area contributed by atoms with Crippen molar-refractivity contribution in [3.05, 3.63) is 39.3 Å². The molecule has 3 heterocycles. The summed E-state index contributed by atoms with van der Waals surface area (Å²) in [5, 5.41) is 3.72. The highest BCUT2D eigenvalue weighted by molar-refractivity contribution is 7.09. The van der Waals surface area contributed by atoms with Crippen molar-refractivity contribution in [2.75, 3.05) is 20.4 Å². The fourth-order valence-electron chi connectivity index (χ4n) is 3.81. The Bertz CT molecular complexity index is 845. The summed E-state index contributed by atoms with van der Waals surface area (Å²) in [4.78, 5) is 21.4. The number of carbonyl (C=O) groups excluding carboxylic acids is 1. The van der Waals surface area contributed by atoms with E-state index in [1.807, 2.05) is 22.5 Å². The lowest BCUT2D eigenvalue weighted by molar-refractivity contribution is -0.131. The Morgan fingerprint density at radius 2 is 2.14 bits per heavy atom. The van der Waals surface area contributed by atoms with E-state index in [-0.39, 0.29) is 18.7 Å². The predicted molar refractivity (Wildman–Crippen MR) is 109 cm³/mol. The third-order valence-electron chi connectivity index (χ3n) is 5.67. The van der Waals surface area contributed by atoms with E-state index in [2.05, 4.69) is 23.9 Å². The molecule has 2 aliphatic heterocycles. The van der Waals surface area contributed by atoms with E-state index < -0.39 is 0 Å². The number of hydrogen-bond donors (Lipinski definition) is 0. The molecule has 2 aromatic rings. The number of rotatable bonds is 5. The Hall–Kier alpha value is -1.83. The zero-order valence-corrected chi connectivity index (χ0v) is 17.6. The number of ether oxygens (including phenoxy) is 2. The minimum absolute atomic E-state index is 0.173. The van der Waals surface area contributed by atoms with Crippen molar-refractivity contribution < 1.29 is 14.3 Å². The van der Waals surface area contributed by atoms with Crippen LogP contribution in [-0.2, 0) is 11.3 Å². The molecule has 1 aromatic carbocycles. The van der Waals surface area contributed by atoms with Gasteiger partial charge in [0.25, 0.3) is 0 Å². The molecule has 0 unspecified atom stereocenters. The number of hydrogen-bond acceptors (Lipinski definition) is 6. The average molecular weight is 422 g/mol. The molecule has 2 atom stereocenters. The standard InChI is InChI=1S/C20H24ClN3O3S/c1-13(20-22-6-8-28-20)23(2)15-3-4-19(25)24(7-5-15)11-14-9-17-18(10-16(14)21)27-12-26-17/h6,8-10,13,15H,3-5,7,11-12H2,1-2H3/t13-,15-/m1/s1. The highest BCUT2D eigenvalue weighted by Gasteiger charge is 2.29. The number of thiazole rings is 1. The van der Waals surface area contributed by atoms with Gasteiger partial charge in [0.15, 0.2) is 11.5 Å². The van der Waals surface area contributed by atoms with Crippen LogP contribution < -0.4 is 9.47 Å². The highest BCUT2D eigenvalue weighted by Crippen LogP contribution is 2.37. The quantitative estimate of drug-likeness (QED) is 0.727. The molecule has 28 heavy (non-hydrogen) atoms. The second-order valence-corrected chi connectivity index (χ2v) is 8.64. The van der Waals surface area contributed by atoms with Crippen molar-refractivity contribution in [3.63, 3.8) is 0 Å². The minimum atomic E-state index is 0.173. The molecule has 0 bridgehead atoms. The number of nitrogens with zero attached hydrogens (tertiary/aromatic N) is 3.